The number of hydrogen-bond acceptors (Lipinski definition) is 5. The van der Waals surface area contributed by atoms with E-state index >= 15 is 0 Å². The molecule has 0 aliphatic rings. The van der Waals surface area contributed by atoms with E-state index in [1.54, 1.807) is 0 Å². The van der Waals surface area contributed by atoms with Crippen LogP contribution in [0.15, 0.2) is 12.1 Å². The van der Waals surface area contributed by atoms with Crippen molar-refractivity contribution in [3.63, 3.8) is 0 Å². The average molecular weight is 280 g/mol. The van der Waals surface area contributed by atoms with Crippen LogP contribution in [-0.2, 0) is 0 Å². The van der Waals surface area contributed by atoms with E-state index in [4.69, 9.17) is 5.73 Å². The van der Waals surface area contributed by atoms with E-state index in [1.807, 2.05) is 0 Å². The van der Waals surface area contributed by atoms with E-state index < -0.39 is 4.92 Å². The summed E-state index contributed by atoms with van der Waals surface area (Å²) in [6.07, 6.45) is 5.95. The van der Waals surface area contributed by atoms with Crippen molar-refractivity contribution in [2.75, 3.05) is 17.6 Å². The molecule has 0 radical (unpaired) electrons. The van der Waals surface area contributed by atoms with Crippen LogP contribution >= 0.6 is 0 Å². The molecule has 0 atom stereocenters. The Kier molecular flexibility index (Phi) is 6.76. The molecule has 0 unspecified atom stereocenters. The Bertz CT molecular complexity index is 435. The first-order valence-electron chi connectivity index (χ1n) is 7.15. The van der Waals surface area contributed by atoms with Gasteiger partial charge in [0.15, 0.2) is 0 Å². The van der Waals surface area contributed by atoms with Gasteiger partial charge in [-0.25, -0.2) is 4.98 Å². The van der Waals surface area contributed by atoms with E-state index in [2.05, 4.69) is 24.1 Å². The third kappa shape index (κ3) is 6.36. The minimum Gasteiger partial charge on any atom is -0.383 e. The number of rotatable bonds is 9. The summed E-state index contributed by atoms with van der Waals surface area (Å²) in [5, 5.41) is 13.8. The zero-order valence-corrected chi connectivity index (χ0v) is 12.3. The molecule has 0 bridgehead atoms. The number of nitrogen functional groups attached to an aromatic ring is 1. The van der Waals surface area contributed by atoms with Crippen LogP contribution in [0.4, 0.5) is 17.3 Å². The zero-order valence-electron chi connectivity index (χ0n) is 12.3. The Labute approximate surface area is 119 Å². The van der Waals surface area contributed by atoms with Gasteiger partial charge >= 0.3 is 0 Å². The van der Waals surface area contributed by atoms with Gasteiger partial charge in [0, 0.05) is 6.54 Å². The van der Waals surface area contributed by atoms with E-state index in [9.17, 15) is 10.1 Å². The Morgan fingerprint density at radius 3 is 2.65 bits per heavy atom. The molecule has 0 saturated carbocycles. The van der Waals surface area contributed by atoms with E-state index in [1.165, 1.54) is 31.4 Å². The molecular formula is C14H24N4O2. The van der Waals surface area contributed by atoms with E-state index in [0.717, 1.165) is 25.3 Å². The summed E-state index contributed by atoms with van der Waals surface area (Å²) in [4.78, 5) is 14.3. The number of anilines is 2. The van der Waals surface area contributed by atoms with Gasteiger partial charge in [0.05, 0.1) is 17.1 Å². The highest BCUT2D eigenvalue weighted by molar-refractivity contribution is 5.52. The molecule has 0 aromatic carbocycles. The fourth-order valence-corrected chi connectivity index (χ4v) is 1.98. The molecule has 0 aliphatic heterocycles. The minimum absolute atomic E-state index is 0.0306. The molecule has 1 aromatic rings. The van der Waals surface area contributed by atoms with Gasteiger partial charge in [0.25, 0.3) is 5.69 Å². The van der Waals surface area contributed by atoms with Crippen LogP contribution in [0.1, 0.15) is 46.0 Å². The van der Waals surface area contributed by atoms with Gasteiger partial charge in [-0.1, -0.05) is 39.5 Å². The van der Waals surface area contributed by atoms with Crippen LogP contribution in [0, 0.1) is 16.0 Å². The summed E-state index contributed by atoms with van der Waals surface area (Å²) in [7, 11) is 0. The summed E-state index contributed by atoms with van der Waals surface area (Å²) >= 11 is 0. The van der Waals surface area contributed by atoms with Gasteiger partial charge in [-0.3, -0.25) is 10.1 Å². The van der Waals surface area contributed by atoms with Gasteiger partial charge < -0.3 is 11.1 Å². The number of nitro groups is 1. The second kappa shape index (κ2) is 8.35. The van der Waals surface area contributed by atoms with Crippen LogP contribution in [0.25, 0.3) is 0 Å². The number of aromatic nitrogens is 1. The molecular weight excluding hydrogens is 256 g/mol. The van der Waals surface area contributed by atoms with E-state index in [-0.39, 0.29) is 11.5 Å². The molecule has 112 valence electrons. The molecule has 1 aromatic heterocycles. The Hall–Kier alpha value is -1.85. The normalized spacial score (nSPS) is 10.8. The summed E-state index contributed by atoms with van der Waals surface area (Å²) in [5.41, 5.74) is 5.51. The van der Waals surface area contributed by atoms with Gasteiger partial charge in [0.2, 0.25) is 0 Å². The maximum atomic E-state index is 10.7. The van der Waals surface area contributed by atoms with Gasteiger partial charge in [-0.15, -0.1) is 0 Å². The van der Waals surface area contributed by atoms with Gasteiger partial charge in [0.1, 0.15) is 11.6 Å². The number of nitrogens with zero attached hydrogens (tertiary/aromatic N) is 2. The van der Waals surface area contributed by atoms with Crippen molar-refractivity contribution < 1.29 is 4.92 Å². The number of hydrogen-bond donors (Lipinski definition) is 2. The largest absolute Gasteiger partial charge is 0.383 e. The van der Waals surface area contributed by atoms with Crippen LogP contribution in [0.2, 0.25) is 0 Å². The van der Waals surface area contributed by atoms with Crippen LogP contribution in [-0.4, -0.2) is 16.5 Å². The lowest BCUT2D eigenvalue weighted by Gasteiger charge is -2.07. The summed E-state index contributed by atoms with van der Waals surface area (Å²) in [5.74, 6) is 1.41. The number of nitrogens with two attached hydrogens (primary N) is 1. The standard InChI is InChI=1S/C14H24N4O2/c1-11(2)7-5-3-4-6-8-16-14-10-12(18(19)20)9-13(15)17-14/h9-11H,3-8H2,1-2H3,(H3,15,16,17). The van der Waals surface area contributed by atoms with Crippen molar-refractivity contribution in [3.05, 3.63) is 22.2 Å². The van der Waals surface area contributed by atoms with E-state index in [0.29, 0.717) is 5.82 Å². The maximum absolute atomic E-state index is 10.7. The third-order valence-electron chi connectivity index (χ3n) is 3.06. The molecule has 0 spiro atoms. The van der Waals surface area contributed by atoms with Crippen LogP contribution in [0.3, 0.4) is 0 Å². The maximum Gasteiger partial charge on any atom is 0.276 e. The van der Waals surface area contributed by atoms with Crippen LogP contribution in [0.5, 0.6) is 0 Å². The number of pyridine rings is 1. The molecule has 0 amide bonds. The minimum atomic E-state index is -0.463. The van der Waals surface area contributed by atoms with Crippen molar-refractivity contribution in [1.82, 2.24) is 4.98 Å². The SMILES string of the molecule is CC(C)CCCCCCNc1cc([N+](=O)[O-])cc(N)n1. The van der Waals surface area contributed by atoms with Crippen molar-refractivity contribution >= 4 is 17.3 Å². The Morgan fingerprint density at radius 1 is 1.30 bits per heavy atom. The summed E-state index contributed by atoms with van der Waals surface area (Å²) in [6, 6.07) is 2.67. The highest BCUT2D eigenvalue weighted by atomic mass is 16.6. The van der Waals surface area contributed by atoms with Crippen molar-refractivity contribution in [2.45, 2.75) is 46.0 Å². The lowest BCUT2D eigenvalue weighted by molar-refractivity contribution is -0.384. The molecule has 6 nitrogen and oxygen atoms in total. The lowest BCUT2D eigenvalue weighted by atomic mass is 10.0. The fourth-order valence-electron chi connectivity index (χ4n) is 1.98. The highest BCUT2D eigenvalue weighted by Crippen LogP contribution is 2.18. The second-order valence-electron chi connectivity index (χ2n) is 5.42. The fraction of sp³-hybridized carbons (Fsp3) is 0.643. The third-order valence-corrected chi connectivity index (χ3v) is 3.06. The molecule has 6 heteroatoms. The lowest BCUT2D eigenvalue weighted by Crippen LogP contribution is -2.05. The topological polar surface area (TPSA) is 94.1 Å². The molecule has 20 heavy (non-hydrogen) atoms. The second-order valence-corrected chi connectivity index (χ2v) is 5.42. The van der Waals surface area contributed by atoms with Crippen molar-refractivity contribution in [1.29, 1.82) is 0 Å². The van der Waals surface area contributed by atoms with Gasteiger partial charge in [-0.05, 0) is 12.3 Å². The first-order chi connectivity index (χ1) is 9.49. The number of unbranched alkanes of at least 4 members (excludes halogenated alkanes) is 3. The number of nitrogens with one attached hydrogen (secondary N) is 1. The predicted molar refractivity (Wildman–Crippen MR) is 81.7 cm³/mol. The monoisotopic (exact) mass is 280 g/mol. The molecule has 1 heterocycles. The van der Waals surface area contributed by atoms with Crippen molar-refractivity contribution in [2.24, 2.45) is 5.92 Å². The first-order valence-corrected chi connectivity index (χ1v) is 7.15. The Morgan fingerprint density at radius 2 is 2.00 bits per heavy atom. The quantitative estimate of drug-likeness (QED) is 0.409. The summed E-state index contributed by atoms with van der Waals surface area (Å²) < 4.78 is 0. The highest BCUT2D eigenvalue weighted by Gasteiger charge is 2.09. The Balaban J connectivity index is 2.27. The predicted octanol–water partition coefficient (Wildman–Crippen LogP) is 3.59. The van der Waals surface area contributed by atoms with Gasteiger partial charge in [-0.2, -0.15) is 0 Å². The summed E-state index contributed by atoms with van der Waals surface area (Å²) in [6.45, 7) is 5.23. The average Bonchev–Trinajstić information content (AvgIpc) is 2.36. The molecule has 0 fully saturated rings. The smallest absolute Gasteiger partial charge is 0.276 e. The molecule has 0 aliphatic carbocycles. The zero-order chi connectivity index (χ0) is 15.0. The first kappa shape index (κ1) is 16.2. The molecule has 0 saturated heterocycles. The molecule has 3 N–H and O–H groups in total. The molecule has 1 rings (SSSR count). The van der Waals surface area contributed by atoms with Crippen molar-refractivity contribution in [3.8, 4) is 0 Å². The van der Waals surface area contributed by atoms with Crippen LogP contribution < -0.4 is 11.1 Å².